The van der Waals surface area contributed by atoms with E-state index in [1.807, 2.05) is 35.2 Å². The van der Waals surface area contributed by atoms with Crippen LogP contribution in [0, 0.1) is 5.92 Å². The molecule has 0 unspecified atom stereocenters. The minimum atomic E-state index is -0.0526. The van der Waals surface area contributed by atoms with E-state index in [4.69, 9.17) is 0 Å². The summed E-state index contributed by atoms with van der Waals surface area (Å²) in [5.74, 6) is 0.450. The highest BCUT2D eigenvalue weighted by molar-refractivity contribution is 5.93. The van der Waals surface area contributed by atoms with Crippen molar-refractivity contribution in [1.29, 1.82) is 0 Å². The molecule has 124 valence electrons. The molecule has 1 N–H and O–H groups in total. The van der Waals surface area contributed by atoms with Crippen molar-refractivity contribution in [2.75, 3.05) is 26.2 Å². The van der Waals surface area contributed by atoms with Crippen LogP contribution in [0.4, 0.5) is 0 Å². The number of nitrogens with one attached hydrogen (secondary N) is 1. The summed E-state index contributed by atoms with van der Waals surface area (Å²) in [6.45, 7) is 2.41. The van der Waals surface area contributed by atoms with E-state index in [-0.39, 0.29) is 17.7 Å². The molecule has 6 nitrogen and oxygen atoms in total. The van der Waals surface area contributed by atoms with Crippen molar-refractivity contribution >= 4 is 11.8 Å². The molecule has 24 heavy (non-hydrogen) atoms. The SMILES string of the molecule is O=C(c1cc(-c2ccccc2)n[nH]1)N1CCN(C(=O)C2CC2)CC1. The third-order valence-electron chi connectivity index (χ3n) is 4.68. The highest BCUT2D eigenvalue weighted by atomic mass is 16.2. The molecule has 2 aliphatic rings. The van der Waals surface area contributed by atoms with Gasteiger partial charge in [0, 0.05) is 37.7 Å². The average molecular weight is 324 g/mol. The molecule has 4 rings (SSSR count). The monoisotopic (exact) mass is 324 g/mol. The van der Waals surface area contributed by atoms with Crippen molar-refractivity contribution in [2.24, 2.45) is 5.92 Å². The fourth-order valence-electron chi connectivity index (χ4n) is 3.08. The quantitative estimate of drug-likeness (QED) is 0.935. The lowest BCUT2D eigenvalue weighted by molar-refractivity contribution is -0.134. The van der Waals surface area contributed by atoms with E-state index in [1.165, 1.54) is 0 Å². The van der Waals surface area contributed by atoms with Gasteiger partial charge in [0.05, 0.1) is 5.69 Å². The van der Waals surface area contributed by atoms with Crippen LogP contribution in [0.3, 0.4) is 0 Å². The first kappa shape index (κ1) is 14.9. The first-order valence-electron chi connectivity index (χ1n) is 8.41. The van der Waals surface area contributed by atoms with Crippen LogP contribution in [-0.2, 0) is 4.79 Å². The third kappa shape index (κ3) is 2.91. The van der Waals surface area contributed by atoms with Crippen molar-refractivity contribution in [3.63, 3.8) is 0 Å². The van der Waals surface area contributed by atoms with E-state index in [2.05, 4.69) is 10.2 Å². The molecule has 1 aliphatic carbocycles. The molecule has 0 atom stereocenters. The number of aromatic nitrogens is 2. The van der Waals surface area contributed by atoms with Gasteiger partial charge >= 0.3 is 0 Å². The Labute approximate surface area is 140 Å². The van der Waals surface area contributed by atoms with E-state index in [0.717, 1.165) is 24.1 Å². The Morgan fingerprint density at radius 1 is 1.00 bits per heavy atom. The van der Waals surface area contributed by atoms with Gasteiger partial charge in [-0.1, -0.05) is 30.3 Å². The molecule has 1 aromatic carbocycles. The highest BCUT2D eigenvalue weighted by Crippen LogP contribution is 2.31. The van der Waals surface area contributed by atoms with Crippen molar-refractivity contribution in [1.82, 2.24) is 20.0 Å². The van der Waals surface area contributed by atoms with Crippen LogP contribution in [0.15, 0.2) is 36.4 Å². The first-order valence-corrected chi connectivity index (χ1v) is 8.41. The minimum Gasteiger partial charge on any atom is -0.339 e. The molecule has 1 aromatic heterocycles. The fraction of sp³-hybridized carbons (Fsp3) is 0.389. The molecule has 0 bridgehead atoms. The Hall–Kier alpha value is -2.63. The van der Waals surface area contributed by atoms with Gasteiger partial charge < -0.3 is 9.80 Å². The van der Waals surface area contributed by atoms with Crippen LogP contribution in [0.5, 0.6) is 0 Å². The standard InChI is InChI=1S/C18H20N4O2/c23-17(14-6-7-14)21-8-10-22(11-9-21)18(24)16-12-15(19-20-16)13-4-2-1-3-5-13/h1-5,12,14H,6-11H2,(H,19,20). The normalized spacial score (nSPS) is 17.8. The van der Waals surface area contributed by atoms with Crippen LogP contribution in [-0.4, -0.2) is 58.0 Å². The maximum atomic E-state index is 12.6. The molecule has 1 saturated carbocycles. The number of benzene rings is 1. The van der Waals surface area contributed by atoms with E-state index in [0.29, 0.717) is 31.9 Å². The molecule has 0 radical (unpaired) electrons. The number of nitrogens with zero attached hydrogens (tertiary/aromatic N) is 3. The molecular formula is C18H20N4O2. The zero-order valence-electron chi connectivity index (χ0n) is 13.4. The predicted octanol–water partition coefficient (Wildman–Crippen LogP) is 1.77. The Kier molecular flexibility index (Phi) is 3.80. The number of rotatable bonds is 3. The summed E-state index contributed by atoms with van der Waals surface area (Å²) >= 11 is 0. The minimum absolute atomic E-state index is 0.0526. The summed E-state index contributed by atoms with van der Waals surface area (Å²) in [5, 5.41) is 7.08. The van der Waals surface area contributed by atoms with Crippen LogP contribution < -0.4 is 0 Å². The van der Waals surface area contributed by atoms with Gasteiger partial charge in [0.2, 0.25) is 5.91 Å². The van der Waals surface area contributed by atoms with Gasteiger partial charge in [0.25, 0.3) is 5.91 Å². The number of hydrogen-bond donors (Lipinski definition) is 1. The Bertz CT molecular complexity index is 743. The topological polar surface area (TPSA) is 69.3 Å². The summed E-state index contributed by atoms with van der Waals surface area (Å²) in [5.41, 5.74) is 2.24. The van der Waals surface area contributed by atoms with Gasteiger partial charge in [0.1, 0.15) is 5.69 Å². The second kappa shape index (κ2) is 6.11. The van der Waals surface area contributed by atoms with Crippen LogP contribution in [0.25, 0.3) is 11.3 Å². The van der Waals surface area contributed by atoms with Crippen LogP contribution in [0.2, 0.25) is 0 Å². The molecule has 2 aromatic rings. The van der Waals surface area contributed by atoms with Gasteiger partial charge in [-0.25, -0.2) is 0 Å². The smallest absolute Gasteiger partial charge is 0.272 e. The Balaban J connectivity index is 1.40. The molecule has 2 fully saturated rings. The lowest BCUT2D eigenvalue weighted by atomic mass is 10.1. The second-order valence-electron chi connectivity index (χ2n) is 6.42. The first-order chi connectivity index (χ1) is 11.7. The Morgan fingerprint density at radius 3 is 2.33 bits per heavy atom. The number of amides is 2. The zero-order valence-corrected chi connectivity index (χ0v) is 13.4. The summed E-state index contributed by atoms with van der Waals surface area (Å²) < 4.78 is 0. The van der Waals surface area contributed by atoms with Crippen molar-refractivity contribution in [3.8, 4) is 11.3 Å². The van der Waals surface area contributed by atoms with Gasteiger partial charge in [0.15, 0.2) is 0 Å². The van der Waals surface area contributed by atoms with Crippen molar-refractivity contribution in [2.45, 2.75) is 12.8 Å². The number of carbonyl (C=O) groups is 2. The molecule has 6 heteroatoms. The number of carbonyl (C=O) groups excluding carboxylic acids is 2. The van der Waals surface area contributed by atoms with E-state index in [9.17, 15) is 9.59 Å². The number of piperazine rings is 1. The predicted molar refractivity (Wildman–Crippen MR) is 89.2 cm³/mol. The van der Waals surface area contributed by atoms with E-state index >= 15 is 0 Å². The zero-order chi connectivity index (χ0) is 16.5. The lowest BCUT2D eigenvalue weighted by Crippen LogP contribution is -2.51. The van der Waals surface area contributed by atoms with Gasteiger partial charge in [-0.15, -0.1) is 0 Å². The third-order valence-corrected chi connectivity index (χ3v) is 4.68. The number of aromatic amines is 1. The molecule has 1 saturated heterocycles. The van der Waals surface area contributed by atoms with Gasteiger partial charge in [-0.05, 0) is 18.9 Å². The van der Waals surface area contributed by atoms with E-state index in [1.54, 1.807) is 11.0 Å². The van der Waals surface area contributed by atoms with Gasteiger partial charge in [-0.3, -0.25) is 14.7 Å². The molecule has 2 heterocycles. The summed E-state index contributed by atoms with van der Waals surface area (Å²) in [7, 11) is 0. The van der Waals surface area contributed by atoms with Gasteiger partial charge in [-0.2, -0.15) is 5.10 Å². The van der Waals surface area contributed by atoms with Crippen LogP contribution >= 0.6 is 0 Å². The van der Waals surface area contributed by atoms with Crippen LogP contribution in [0.1, 0.15) is 23.3 Å². The number of hydrogen-bond acceptors (Lipinski definition) is 3. The maximum Gasteiger partial charge on any atom is 0.272 e. The molecular weight excluding hydrogens is 304 g/mol. The van der Waals surface area contributed by atoms with Crippen molar-refractivity contribution in [3.05, 3.63) is 42.1 Å². The summed E-state index contributed by atoms with van der Waals surface area (Å²) in [4.78, 5) is 28.4. The van der Waals surface area contributed by atoms with Crippen molar-refractivity contribution < 1.29 is 9.59 Å². The molecule has 1 aliphatic heterocycles. The lowest BCUT2D eigenvalue weighted by Gasteiger charge is -2.34. The highest BCUT2D eigenvalue weighted by Gasteiger charge is 2.35. The second-order valence-corrected chi connectivity index (χ2v) is 6.42. The number of H-pyrrole nitrogens is 1. The largest absolute Gasteiger partial charge is 0.339 e. The summed E-state index contributed by atoms with van der Waals surface area (Å²) in [6.07, 6.45) is 2.04. The average Bonchev–Trinajstić information content (AvgIpc) is 3.38. The maximum absolute atomic E-state index is 12.6. The fourth-order valence-corrected chi connectivity index (χ4v) is 3.08. The molecule has 0 spiro atoms. The molecule has 2 amide bonds. The summed E-state index contributed by atoms with van der Waals surface area (Å²) in [6, 6.07) is 11.6. The van der Waals surface area contributed by atoms with E-state index < -0.39 is 0 Å². The Morgan fingerprint density at radius 2 is 1.67 bits per heavy atom.